The van der Waals surface area contributed by atoms with Crippen LogP contribution in [0.4, 0.5) is 0 Å². The van der Waals surface area contributed by atoms with Gasteiger partial charge in [0, 0.05) is 28.9 Å². The molecule has 0 unspecified atom stereocenters. The lowest BCUT2D eigenvalue weighted by Gasteiger charge is -2.08. The number of carbonyl (C=O) groups excluding carboxylic acids is 1. The summed E-state index contributed by atoms with van der Waals surface area (Å²) in [6.45, 7) is 7.75. The third kappa shape index (κ3) is 1.62. The topological polar surface area (TPSA) is 34.9 Å². The Morgan fingerprint density at radius 3 is 2.69 bits per heavy atom. The van der Waals surface area contributed by atoms with Crippen LogP contribution in [0.1, 0.15) is 42.9 Å². The molecule has 0 amide bonds. The Morgan fingerprint density at radius 1 is 1.44 bits per heavy atom. The second-order valence-electron chi connectivity index (χ2n) is 4.44. The van der Waals surface area contributed by atoms with Gasteiger partial charge in [0.25, 0.3) is 0 Å². The number of fused-ring (bicyclic) bond motifs is 1. The predicted molar refractivity (Wildman–Crippen MR) is 64.9 cm³/mol. The average molecular weight is 216 g/mol. The van der Waals surface area contributed by atoms with Crippen LogP contribution in [0.5, 0.6) is 0 Å². The standard InChI is InChI=1S/C13H16N2O/c1-8(2)15-7-12(10(4)16)11-5-9(3)14-6-13(11)15/h5-8H,1-4H3. The molecule has 0 bridgehead atoms. The van der Waals surface area contributed by atoms with Crippen molar-refractivity contribution in [2.75, 3.05) is 0 Å². The molecular weight excluding hydrogens is 200 g/mol. The molecule has 16 heavy (non-hydrogen) atoms. The molecular formula is C13H16N2O. The Hall–Kier alpha value is -1.64. The third-order valence-electron chi connectivity index (χ3n) is 2.79. The van der Waals surface area contributed by atoms with Gasteiger partial charge in [0.15, 0.2) is 5.78 Å². The fraction of sp³-hybridized carbons (Fsp3) is 0.385. The van der Waals surface area contributed by atoms with Crippen molar-refractivity contribution >= 4 is 16.7 Å². The zero-order chi connectivity index (χ0) is 11.9. The van der Waals surface area contributed by atoms with Crippen molar-refractivity contribution in [2.24, 2.45) is 0 Å². The lowest BCUT2D eigenvalue weighted by Crippen LogP contribution is -1.98. The Labute approximate surface area is 95.1 Å². The molecule has 0 N–H and O–H groups in total. The molecule has 0 radical (unpaired) electrons. The van der Waals surface area contributed by atoms with E-state index in [1.165, 1.54) is 0 Å². The van der Waals surface area contributed by atoms with E-state index in [4.69, 9.17) is 0 Å². The minimum atomic E-state index is 0.106. The molecule has 0 saturated carbocycles. The van der Waals surface area contributed by atoms with Gasteiger partial charge in [0.2, 0.25) is 0 Å². The number of ketones is 1. The molecule has 2 heterocycles. The molecule has 0 aliphatic rings. The van der Waals surface area contributed by atoms with Gasteiger partial charge in [-0.05, 0) is 33.8 Å². The van der Waals surface area contributed by atoms with E-state index in [0.29, 0.717) is 6.04 Å². The maximum atomic E-state index is 11.6. The molecule has 0 aliphatic heterocycles. The van der Waals surface area contributed by atoms with Gasteiger partial charge in [0.05, 0.1) is 11.7 Å². The highest BCUT2D eigenvalue weighted by Crippen LogP contribution is 2.24. The van der Waals surface area contributed by atoms with Crippen LogP contribution in [-0.2, 0) is 0 Å². The first-order chi connectivity index (χ1) is 7.50. The molecule has 2 aromatic heterocycles. The van der Waals surface area contributed by atoms with Crippen LogP contribution in [-0.4, -0.2) is 15.3 Å². The molecule has 3 heteroatoms. The monoisotopic (exact) mass is 216 g/mol. The highest BCUT2D eigenvalue weighted by molar-refractivity contribution is 6.06. The maximum absolute atomic E-state index is 11.6. The normalized spacial score (nSPS) is 11.3. The molecule has 0 aromatic carbocycles. The summed E-state index contributed by atoms with van der Waals surface area (Å²) < 4.78 is 2.10. The molecule has 0 fully saturated rings. The first kappa shape index (κ1) is 10.9. The summed E-state index contributed by atoms with van der Waals surface area (Å²) in [5.74, 6) is 0.106. The number of carbonyl (C=O) groups is 1. The Balaban J connectivity index is 2.81. The molecule has 2 aromatic rings. The van der Waals surface area contributed by atoms with Gasteiger partial charge in [-0.3, -0.25) is 9.78 Å². The quantitative estimate of drug-likeness (QED) is 0.723. The summed E-state index contributed by atoms with van der Waals surface area (Å²) in [5, 5.41) is 1.01. The van der Waals surface area contributed by atoms with Gasteiger partial charge < -0.3 is 4.57 Å². The van der Waals surface area contributed by atoms with Crippen LogP contribution >= 0.6 is 0 Å². The van der Waals surface area contributed by atoms with E-state index < -0.39 is 0 Å². The number of nitrogens with zero attached hydrogens (tertiary/aromatic N) is 2. The van der Waals surface area contributed by atoms with Crippen LogP contribution in [0.25, 0.3) is 10.9 Å². The van der Waals surface area contributed by atoms with E-state index in [9.17, 15) is 4.79 Å². The van der Waals surface area contributed by atoms with E-state index in [2.05, 4.69) is 23.4 Å². The Morgan fingerprint density at radius 2 is 2.12 bits per heavy atom. The second kappa shape index (κ2) is 3.74. The SMILES string of the molecule is CC(=O)c1cn(C(C)C)c2cnc(C)cc12. The van der Waals surface area contributed by atoms with Crippen molar-refractivity contribution in [3.63, 3.8) is 0 Å². The minimum absolute atomic E-state index is 0.106. The van der Waals surface area contributed by atoms with Gasteiger partial charge in [-0.25, -0.2) is 0 Å². The number of pyridine rings is 1. The van der Waals surface area contributed by atoms with Crippen molar-refractivity contribution in [3.05, 3.63) is 29.7 Å². The predicted octanol–water partition coefficient (Wildman–Crippen LogP) is 3.13. The van der Waals surface area contributed by atoms with Crippen LogP contribution in [0, 0.1) is 6.92 Å². The van der Waals surface area contributed by atoms with Crippen molar-refractivity contribution in [1.29, 1.82) is 0 Å². The minimum Gasteiger partial charge on any atom is -0.343 e. The summed E-state index contributed by atoms with van der Waals surface area (Å²) in [4.78, 5) is 15.9. The summed E-state index contributed by atoms with van der Waals surface area (Å²) in [6.07, 6.45) is 3.77. The number of aromatic nitrogens is 2. The molecule has 0 spiro atoms. The number of hydrogen-bond donors (Lipinski definition) is 0. The molecule has 84 valence electrons. The van der Waals surface area contributed by atoms with Gasteiger partial charge in [-0.1, -0.05) is 0 Å². The summed E-state index contributed by atoms with van der Waals surface area (Å²) >= 11 is 0. The Bertz CT molecular complexity index is 552. The van der Waals surface area contributed by atoms with Crippen LogP contribution in [0.2, 0.25) is 0 Å². The zero-order valence-corrected chi connectivity index (χ0v) is 10.1. The lowest BCUT2D eigenvalue weighted by molar-refractivity contribution is 0.101. The zero-order valence-electron chi connectivity index (χ0n) is 10.1. The van der Waals surface area contributed by atoms with Crippen molar-refractivity contribution in [3.8, 4) is 0 Å². The van der Waals surface area contributed by atoms with Gasteiger partial charge in [-0.15, -0.1) is 0 Å². The maximum Gasteiger partial charge on any atom is 0.161 e. The molecule has 2 rings (SSSR count). The number of rotatable bonds is 2. The van der Waals surface area contributed by atoms with E-state index in [1.54, 1.807) is 6.92 Å². The van der Waals surface area contributed by atoms with E-state index in [-0.39, 0.29) is 5.78 Å². The average Bonchev–Trinajstić information content (AvgIpc) is 2.56. The molecule has 0 aliphatic carbocycles. The largest absolute Gasteiger partial charge is 0.343 e. The smallest absolute Gasteiger partial charge is 0.161 e. The van der Waals surface area contributed by atoms with E-state index in [1.807, 2.05) is 25.4 Å². The van der Waals surface area contributed by atoms with E-state index in [0.717, 1.165) is 22.2 Å². The number of Topliss-reactive ketones (excluding diaryl/α,β-unsaturated/α-hetero) is 1. The first-order valence-electron chi connectivity index (χ1n) is 5.49. The summed E-state index contributed by atoms with van der Waals surface area (Å²) in [6, 6.07) is 2.31. The van der Waals surface area contributed by atoms with Crippen molar-refractivity contribution in [1.82, 2.24) is 9.55 Å². The molecule has 0 atom stereocenters. The van der Waals surface area contributed by atoms with Crippen LogP contribution in [0.15, 0.2) is 18.5 Å². The lowest BCUT2D eigenvalue weighted by atomic mass is 10.1. The van der Waals surface area contributed by atoms with Crippen LogP contribution in [0.3, 0.4) is 0 Å². The summed E-state index contributed by atoms with van der Waals surface area (Å²) in [5.41, 5.74) is 2.76. The van der Waals surface area contributed by atoms with Gasteiger partial charge in [-0.2, -0.15) is 0 Å². The summed E-state index contributed by atoms with van der Waals surface area (Å²) in [7, 11) is 0. The Kier molecular flexibility index (Phi) is 2.54. The first-order valence-corrected chi connectivity index (χ1v) is 5.49. The number of hydrogen-bond acceptors (Lipinski definition) is 2. The molecule has 3 nitrogen and oxygen atoms in total. The fourth-order valence-corrected chi connectivity index (χ4v) is 1.96. The van der Waals surface area contributed by atoms with Crippen molar-refractivity contribution < 1.29 is 4.79 Å². The van der Waals surface area contributed by atoms with Gasteiger partial charge >= 0.3 is 0 Å². The van der Waals surface area contributed by atoms with E-state index >= 15 is 0 Å². The van der Waals surface area contributed by atoms with Crippen LogP contribution < -0.4 is 0 Å². The third-order valence-corrected chi connectivity index (χ3v) is 2.79. The highest BCUT2D eigenvalue weighted by Gasteiger charge is 2.13. The molecule has 0 saturated heterocycles. The highest BCUT2D eigenvalue weighted by atomic mass is 16.1. The second-order valence-corrected chi connectivity index (χ2v) is 4.44. The van der Waals surface area contributed by atoms with Crippen molar-refractivity contribution in [2.45, 2.75) is 33.7 Å². The van der Waals surface area contributed by atoms with Gasteiger partial charge in [0.1, 0.15) is 0 Å². The number of aryl methyl sites for hydroxylation is 1. The fourth-order valence-electron chi connectivity index (χ4n) is 1.96.